The van der Waals surface area contributed by atoms with Gasteiger partial charge in [-0.15, -0.1) is 0 Å². The van der Waals surface area contributed by atoms with Gasteiger partial charge in [0.25, 0.3) is 5.91 Å². The van der Waals surface area contributed by atoms with Crippen molar-refractivity contribution >= 4 is 16.7 Å². The van der Waals surface area contributed by atoms with Crippen molar-refractivity contribution in [2.24, 2.45) is 0 Å². The van der Waals surface area contributed by atoms with Gasteiger partial charge in [0.15, 0.2) is 0 Å². The highest BCUT2D eigenvalue weighted by molar-refractivity contribution is 6.08. The molecule has 0 N–H and O–H groups in total. The lowest BCUT2D eigenvalue weighted by Crippen LogP contribution is -2.50. The summed E-state index contributed by atoms with van der Waals surface area (Å²) in [7, 11) is 1.64. The molecule has 0 radical (unpaired) electrons. The molecule has 6 heteroatoms. The number of carbonyl (C=O) groups excluding carboxylic acids is 1. The lowest BCUT2D eigenvalue weighted by Gasteiger charge is -2.39. The number of fused-ring (bicyclic) bond motifs is 1. The van der Waals surface area contributed by atoms with E-state index in [9.17, 15) is 9.18 Å². The number of carbonyl (C=O) groups is 1. The van der Waals surface area contributed by atoms with E-state index in [0.717, 1.165) is 29.4 Å². The Morgan fingerprint density at radius 2 is 1.97 bits per heavy atom. The molecule has 2 atom stereocenters. The Morgan fingerprint density at radius 1 is 1.12 bits per heavy atom. The summed E-state index contributed by atoms with van der Waals surface area (Å²) in [6, 6.07) is 17.7. The van der Waals surface area contributed by atoms with Crippen LogP contribution in [0.5, 0.6) is 11.5 Å². The van der Waals surface area contributed by atoms with Crippen molar-refractivity contribution in [3.63, 3.8) is 0 Å². The highest BCUT2D eigenvalue weighted by Gasteiger charge is 2.45. The summed E-state index contributed by atoms with van der Waals surface area (Å²) in [4.78, 5) is 15.4. The number of methoxy groups -OCH3 is 1. The Kier molecular flexibility index (Phi) is 5.47. The fourth-order valence-corrected chi connectivity index (χ4v) is 4.97. The molecule has 2 aliphatic rings. The molecular weight excluding hydrogens is 409 g/mol. The van der Waals surface area contributed by atoms with Gasteiger partial charge >= 0.3 is 0 Å². The number of nitrogens with zero attached hydrogens (tertiary/aromatic N) is 1. The van der Waals surface area contributed by atoms with Crippen LogP contribution in [-0.2, 0) is 4.74 Å². The monoisotopic (exact) mass is 435 g/mol. The molecule has 2 saturated heterocycles. The van der Waals surface area contributed by atoms with Crippen LogP contribution in [0.15, 0.2) is 60.7 Å². The first kappa shape index (κ1) is 20.8. The highest BCUT2D eigenvalue weighted by atomic mass is 19.1. The quantitative estimate of drug-likeness (QED) is 0.589. The first-order valence-corrected chi connectivity index (χ1v) is 11.0. The number of ether oxygens (including phenoxy) is 3. The second kappa shape index (κ2) is 8.43. The maximum Gasteiger partial charge on any atom is 0.254 e. The molecule has 2 fully saturated rings. The Morgan fingerprint density at radius 3 is 2.78 bits per heavy atom. The molecule has 3 aromatic rings. The third-order valence-electron chi connectivity index (χ3n) is 6.43. The van der Waals surface area contributed by atoms with Crippen LogP contribution in [0.4, 0.5) is 4.39 Å². The average molecular weight is 435 g/mol. The minimum atomic E-state index is -0.422. The number of rotatable bonds is 4. The summed E-state index contributed by atoms with van der Waals surface area (Å²) in [5, 5.41) is 1.81. The maximum absolute atomic E-state index is 13.5. The third-order valence-corrected chi connectivity index (χ3v) is 6.43. The zero-order valence-corrected chi connectivity index (χ0v) is 18.1. The van der Waals surface area contributed by atoms with Crippen molar-refractivity contribution in [1.29, 1.82) is 0 Å². The highest BCUT2D eigenvalue weighted by Crippen LogP contribution is 2.37. The average Bonchev–Trinajstić information content (AvgIpc) is 3.19. The van der Waals surface area contributed by atoms with Gasteiger partial charge < -0.3 is 19.1 Å². The summed E-state index contributed by atoms with van der Waals surface area (Å²) in [5.41, 5.74) is 0.248. The van der Waals surface area contributed by atoms with Gasteiger partial charge in [-0.2, -0.15) is 0 Å². The van der Waals surface area contributed by atoms with Crippen LogP contribution in [0.3, 0.4) is 0 Å². The standard InChI is InChI=1S/C26H26FNO4/c1-30-24-11-10-23(21-8-2-3-9-22(21)24)25(29)28-13-5-12-26(17-28)15-20(16-31-26)32-19-7-4-6-18(27)14-19/h2-4,6-11,14,20H,5,12-13,15-17H2,1H3/t20-,26+/m1/s1. The topological polar surface area (TPSA) is 48.0 Å². The summed E-state index contributed by atoms with van der Waals surface area (Å²) < 4.78 is 31.1. The van der Waals surface area contributed by atoms with Gasteiger partial charge in [-0.25, -0.2) is 4.39 Å². The fraction of sp³-hybridized carbons (Fsp3) is 0.346. The smallest absolute Gasteiger partial charge is 0.254 e. The zero-order chi connectivity index (χ0) is 22.1. The van der Waals surface area contributed by atoms with Crippen molar-refractivity contribution in [3.05, 3.63) is 72.0 Å². The molecule has 1 spiro atoms. The van der Waals surface area contributed by atoms with Crippen LogP contribution in [0.25, 0.3) is 10.8 Å². The van der Waals surface area contributed by atoms with Crippen LogP contribution >= 0.6 is 0 Å². The lowest BCUT2D eigenvalue weighted by atomic mass is 9.88. The summed E-state index contributed by atoms with van der Waals surface area (Å²) in [6.45, 7) is 1.65. The number of halogens is 1. The molecule has 166 valence electrons. The zero-order valence-electron chi connectivity index (χ0n) is 18.1. The van der Waals surface area contributed by atoms with Crippen LogP contribution in [0.1, 0.15) is 29.6 Å². The van der Waals surface area contributed by atoms with Crippen molar-refractivity contribution in [2.45, 2.75) is 31.0 Å². The van der Waals surface area contributed by atoms with Crippen LogP contribution < -0.4 is 9.47 Å². The fourth-order valence-electron chi connectivity index (χ4n) is 4.97. The molecule has 2 aliphatic heterocycles. The van der Waals surface area contributed by atoms with E-state index in [1.54, 1.807) is 19.2 Å². The summed E-state index contributed by atoms with van der Waals surface area (Å²) in [5.74, 6) is 0.936. The Hall–Kier alpha value is -3.12. The van der Waals surface area contributed by atoms with Crippen molar-refractivity contribution < 1.29 is 23.4 Å². The van der Waals surface area contributed by atoms with Gasteiger partial charge in [-0.1, -0.05) is 30.3 Å². The van der Waals surface area contributed by atoms with E-state index in [1.807, 2.05) is 41.3 Å². The second-order valence-corrected chi connectivity index (χ2v) is 8.59. The third kappa shape index (κ3) is 3.91. The second-order valence-electron chi connectivity index (χ2n) is 8.59. The molecule has 2 heterocycles. The molecule has 0 aromatic heterocycles. The molecule has 0 saturated carbocycles. The van der Waals surface area contributed by atoms with Gasteiger partial charge in [0.2, 0.25) is 0 Å². The molecule has 5 nitrogen and oxygen atoms in total. The largest absolute Gasteiger partial charge is 0.496 e. The van der Waals surface area contributed by atoms with E-state index in [0.29, 0.717) is 37.4 Å². The number of piperidine rings is 1. The summed E-state index contributed by atoms with van der Waals surface area (Å²) >= 11 is 0. The molecular formula is C26H26FNO4. The summed E-state index contributed by atoms with van der Waals surface area (Å²) in [6.07, 6.45) is 2.26. The molecule has 32 heavy (non-hydrogen) atoms. The van der Waals surface area contributed by atoms with Crippen molar-refractivity contribution in [1.82, 2.24) is 4.90 Å². The Bertz CT molecular complexity index is 1150. The van der Waals surface area contributed by atoms with Crippen LogP contribution in [-0.4, -0.2) is 49.3 Å². The molecule has 0 bridgehead atoms. The normalized spacial score (nSPS) is 22.9. The number of hydrogen-bond donors (Lipinski definition) is 0. The van der Waals surface area contributed by atoms with Crippen LogP contribution in [0, 0.1) is 5.82 Å². The van der Waals surface area contributed by atoms with Gasteiger partial charge in [0.1, 0.15) is 23.4 Å². The lowest BCUT2D eigenvalue weighted by molar-refractivity contribution is -0.0453. The minimum Gasteiger partial charge on any atom is -0.496 e. The van der Waals surface area contributed by atoms with E-state index in [4.69, 9.17) is 14.2 Å². The van der Waals surface area contributed by atoms with E-state index in [2.05, 4.69) is 0 Å². The van der Waals surface area contributed by atoms with E-state index in [-0.39, 0.29) is 17.8 Å². The van der Waals surface area contributed by atoms with Crippen molar-refractivity contribution in [2.75, 3.05) is 26.8 Å². The molecule has 1 amide bonds. The number of benzene rings is 3. The first-order valence-electron chi connectivity index (χ1n) is 11.0. The van der Waals surface area contributed by atoms with E-state index in [1.165, 1.54) is 12.1 Å². The number of likely N-dealkylation sites (tertiary alicyclic amines) is 1. The number of amides is 1. The van der Waals surface area contributed by atoms with Crippen molar-refractivity contribution in [3.8, 4) is 11.5 Å². The van der Waals surface area contributed by atoms with Crippen LogP contribution in [0.2, 0.25) is 0 Å². The Balaban J connectivity index is 1.33. The van der Waals surface area contributed by atoms with E-state index < -0.39 is 5.60 Å². The predicted molar refractivity (Wildman–Crippen MR) is 120 cm³/mol. The first-order chi connectivity index (χ1) is 15.6. The molecule has 5 rings (SSSR count). The molecule has 0 unspecified atom stereocenters. The minimum absolute atomic E-state index is 0.000951. The number of hydrogen-bond acceptors (Lipinski definition) is 4. The SMILES string of the molecule is COc1ccc(C(=O)N2CCC[C@]3(C[C@@H](Oc4cccc(F)c4)CO3)C2)c2ccccc12. The van der Waals surface area contributed by atoms with E-state index >= 15 is 0 Å². The predicted octanol–water partition coefficient (Wildman–Crippen LogP) is 4.83. The maximum atomic E-state index is 13.5. The van der Waals surface area contributed by atoms with Gasteiger partial charge in [0, 0.05) is 30.0 Å². The van der Waals surface area contributed by atoms with Gasteiger partial charge in [-0.3, -0.25) is 4.79 Å². The van der Waals surface area contributed by atoms with Gasteiger partial charge in [-0.05, 0) is 42.5 Å². The molecule has 3 aromatic carbocycles. The molecule has 0 aliphatic carbocycles. The van der Waals surface area contributed by atoms with Gasteiger partial charge in [0.05, 0.1) is 25.9 Å². The Labute approximate surface area is 186 Å².